The van der Waals surface area contributed by atoms with Crippen LogP contribution in [0, 0.1) is 5.41 Å². The minimum absolute atomic E-state index is 0.400. The van der Waals surface area contributed by atoms with E-state index in [2.05, 4.69) is 43.1 Å². The van der Waals surface area contributed by atoms with E-state index < -0.39 is 0 Å². The first kappa shape index (κ1) is 14.0. The molecule has 0 amide bonds. The van der Waals surface area contributed by atoms with E-state index in [0.29, 0.717) is 11.5 Å². The van der Waals surface area contributed by atoms with Crippen LogP contribution in [0.4, 0.5) is 0 Å². The van der Waals surface area contributed by atoms with Crippen LogP contribution in [0.25, 0.3) is 0 Å². The molecular weight excluding hydrogens is 250 g/mol. The quantitative estimate of drug-likeness (QED) is 0.795. The minimum Gasteiger partial charge on any atom is -0.381 e. The van der Waals surface area contributed by atoms with Crippen molar-refractivity contribution >= 4 is 24.4 Å². The van der Waals surface area contributed by atoms with Gasteiger partial charge in [-0.3, -0.25) is 4.90 Å². The maximum Gasteiger partial charge on any atom is 0.0472 e. The first-order valence-corrected chi connectivity index (χ1v) is 8.39. The molecule has 17 heavy (non-hydrogen) atoms. The first-order valence-electron chi connectivity index (χ1n) is 6.71. The molecule has 2 rings (SSSR count). The highest BCUT2D eigenvalue weighted by Crippen LogP contribution is 2.35. The van der Waals surface area contributed by atoms with Gasteiger partial charge in [0, 0.05) is 43.3 Å². The van der Waals surface area contributed by atoms with Crippen LogP contribution < -0.4 is 0 Å². The standard InChI is InChI=1S/C13H25NOS2/c1-11-12(2)17-8-5-14(11)9-13(10-16)3-6-15-7-4-13/h11-12,16H,3-10H2,1-2H3. The summed E-state index contributed by atoms with van der Waals surface area (Å²) in [5.74, 6) is 2.28. The lowest BCUT2D eigenvalue weighted by Gasteiger charge is -2.45. The van der Waals surface area contributed by atoms with E-state index in [1.54, 1.807) is 0 Å². The van der Waals surface area contributed by atoms with Crippen molar-refractivity contribution < 1.29 is 4.74 Å². The van der Waals surface area contributed by atoms with Crippen LogP contribution in [0.1, 0.15) is 26.7 Å². The van der Waals surface area contributed by atoms with Crippen molar-refractivity contribution in [2.45, 2.75) is 38.0 Å². The van der Waals surface area contributed by atoms with Crippen LogP contribution in [0.15, 0.2) is 0 Å². The lowest BCUT2D eigenvalue weighted by atomic mass is 9.81. The SMILES string of the molecule is CC1SCCN(CC2(CS)CCOCC2)C1C. The van der Waals surface area contributed by atoms with E-state index in [9.17, 15) is 0 Å². The predicted molar refractivity (Wildman–Crippen MR) is 79.3 cm³/mol. The maximum atomic E-state index is 5.51. The molecule has 2 nitrogen and oxygen atoms in total. The molecule has 2 heterocycles. The topological polar surface area (TPSA) is 12.5 Å². The summed E-state index contributed by atoms with van der Waals surface area (Å²) in [6, 6.07) is 0.702. The number of nitrogens with zero attached hydrogens (tertiary/aromatic N) is 1. The van der Waals surface area contributed by atoms with Crippen LogP contribution in [0.3, 0.4) is 0 Å². The summed E-state index contributed by atoms with van der Waals surface area (Å²) in [6.07, 6.45) is 2.36. The number of thiol groups is 1. The van der Waals surface area contributed by atoms with Crippen molar-refractivity contribution in [2.75, 3.05) is 37.8 Å². The molecule has 0 aromatic rings. The maximum absolute atomic E-state index is 5.51. The molecule has 4 heteroatoms. The highest BCUT2D eigenvalue weighted by atomic mass is 32.2. The van der Waals surface area contributed by atoms with E-state index in [4.69, 9.17) is 4.74 Å². The predicted octanol–water partition coefficient (Wildman–Crippen LogP) is 2.54. The molecule has 0 saturated carbocycles. The van der Waals surface area contributed by atoms with Gasteiger partial charge in [-0.2, -0.15) is 24.4 Å². The summed E-state index contributed by atoms with van der Waals surface area (Å²) in [5.41, 5.74) is 0.400. The number of hydrogen-bond acceptors (Lipinski definition) is 4. The number of thioether (sulfide) groups is 1. The van der Waals surface area contributed by atoms with Gasteiger partial charge in [-0.25, -0.2) is 0 Å². The normalized spacial score (nSPS) is 34.8. The average Bonchev–Trinajstić information content (AvgIpc) is 2.36. The Bertz CT molecular complexity index is 244. The van der Waals surface area contributed by atoms with Crippen LogP contribution >= 0.6 is 24.4 Å². The van der Waals surface area contributed by atoms with Gasteiger partial charge in [0.1, 0.15) is 0 Å². The molecule has 0 N–H and O–H groups in total. The Balaban J connectivity index is 1.97. The largest absolute Gasteiger partial charge is 0.381 e. The Morgan fingerprint density at radius 1 is 1.35 bits per heavy atom. The second-order valence-corrected chi connectivity index (χ2v) is 7.36. The second kappa shape index (κ2) is 6.18. The lowest BCUT2D eigenvalue weighted by molar-refractivity contribution is 0.00192. The second-order valence-electron chi connectivity index (χ2n) is 5.56. The number of rotatable bonds is 3. The molecular formula is C13H25NOS2. The summed E-state index contributed by atoms with van der Waals surface area (Å²) in [7, 11) is 0. The molecule has 0 bridgehead atoms. The molecule has 0 spiro atoms. The lowest BCUT2D eigenvalue weighted by Crippen LogP contribution is -2.51. The Hall–Kier alpha value is 0.620. The van der Waals surface area contributed by atoms with Crippen molar-refractivity contribution in [3.05, 3.63) is 0 Å². The first-order chi connectivity index (χ1) is 8.17. The van der Waals surface area contributed by atoms with Gasteiger partial charge in [0.05, 0.1) is 0 Å². The summed E-state index contributed by atoms with van der Waals surface area (Å²) >= 11 is 6.73. The molecule has 2 fully saturated rings. The van der Waals surface area contributed by atoms with E-state index >= 15 is 0 Å². The fourth-order valence-electron chi connectivity index (χ4n) is 2.82. The van der Waals surface area contributed by atoms with Crippen molar-refractivity contribution in [1.82, 2.24) is 4.90 Å². The zero-order valence-corrected chi connectivity index (χ0v) is 12.7. The van der Waals surface area contributed by atoms with Crippen LogP contribution in [0.5, 0.6) is 0 Å². The third-order valence-electron chi connectivity index (χ3n) is 4.44. The van der Waals surface area contributed by atoms with Gasteiger partial charge >= 0.3 is 0 Å². The van der Waals surface area contributed by atoms with Gasteiger partial charge in [-0.15, -0.1) is 0 Å². The zero-order chi connectivity index (χ0) is 12.3. The Kier molecular flexibility index (Phi) is 5.10. The van der Waals surface area contributed by atoms with Gasteiger partial charge in [-0.1, -0.05) is 6.92 Å². The summed E-state index contributed by atoms with van der Waals surface area (Å²) in [5, 5.41) is 0.764. The smallest absolute Gasteiger partial charge is 0.0472 e. The third kappa shape index (κ3) is 3.34. The third-order valence-corrected chi connectivity index (χ3v) is 6.45. The summed E-state index contributed by atoms with van der Waals surface area (Å²) in [4.78, 5) is 2.68. The van der Waals surface area contributed by atoms with Crippen molar-refractivity contribution in [3.8, 4) is 0 Å². The van der Waals surface area contributed by atoms with E-state index in [-0.39, 0.29) is 0 Å². The molecule has 2 unspecified atom stereocenters. The van der Waals surface area contributed by atoms with Gasteiger partial charge in [0.2, 0.25) is 0 Å². The molecule has 0 radical (unpaired) electrons. The molecule has 2 saturated heterocycles. The Morgan fingerprint density at radius 2 is 2.06 bits per heavy atom. The number of ether oxygens (including phenoxy) is 1. The van der Waals surface area contributed by atoms with Crippen molar-refractivity contribution in [3.63, 3.8) is 0 Å². The molecule has 0 aliphatic carbocycles. The number of hydrogen-bond donors (Lipinski definition) is 1. The highest BCUT2D eigenvalue weighted by Gasteiger charge is 2.36. The van der Waals surface area contributed by atoms with Gasteiger partial charge in [0.25, 0.3) is 0 Å². The van der Waals surface area contributed by atoms with E-state index in [1.165, 1.54) is 31.7 Å². The molecule has 100 valence electrons. The monoisotopic (exact) mass is 275 g/mol. The fourth-order valence-corrected chi connectivity index (χ4v) is 4.40. The average molecular weight is 275 g/mol. The van der Waals surface area contributed by atoms with Crippen molar-refractivity contribution in [2.24, 2.45) is 5.41 Å². The van der Waals surface area contributed by atoms with Gasteiger partial charge in [-0.05, 0) is 30.9 Å². The minimum atomic E-state index is 0.400. The van der Waals surface area contributed by atoms with Crippen molar-refractivity contribution in [1.29, 1.82) is 0 Å². The highest BCUT2D eigenvalue weighted by molar-refractivity contribution is 8.00. The zero-order valence-electron chi connectivity index (χ0n) is 11.0. The molecule has 0 aromatic heterocycles. The Morgan fingerprint density at radius 3 is 2.71 bits per heavy atom. The fraction of sp³-hybridized carbons (Fsp3) is 1.00. The van der Waals surface area contributed by atoms with Gasteiger partial charge in [0.15, 0.2) is 0 Å². The van der Waals surface area contributed by atoms with E-state index in [1.807, 2.05) is 0 Å². The van der Waals surface area contributed by atoms with Gasteiger partial charge < -0.3 is 4.74 Å². The van der Waals surface area contributed by atoms with Crippen LogP contribution in [-0.2, 0) is 4.74 Å². The molecule has 0 aromatic carbocycles. The summed E-state index contributed by atoms with van der Waals surface area (Å²) < 4.78 is 5.51. The Labute approximate surface area is 115 Å². The van der Waals surface area contributed by atoms with E-state index in [0.717, 1.165) is 24.2 Å². The molecule has 2 aliphatic rings. The molecule has 2 atom stereocenters. The molecule has 2 aliphatic heterocycles. The van der Waals surface area contributed by atoms with Crippen LogP contribution in [0.2, 0.25) is 0 Å². The van der Waals surface area contributed by atoms with Crippen LogP contribution in [-0.4, -0.2) is 54.0 Å². The summed E-state index contributed by atoms with van der Waals surface area (Å²) in [6.45, 7) is 9.04.